The standard InChI is InChI=1S/C26H28Cl2N2O5S/c1-18-7-10-20(11-8-18)36(32,33)30(16-21-22(27)5-4-6-23(21)28)17-26(31)29-14-13-19-9-12-24(34-2)25(15-19)35-3/h4-12,15H,13-14,16-17H2,1-3H3,(H,29,31). The van der Waals surface area contributed by atoms with Crippen LogP contribution in [0, 0.1) is 6.92 Å². The molecule has 0 aliphatic carbocycles. The smallest absolute Gasteiger partial charge is 0.243 e. The summed E-state index contributed by atoms with van der Waals surface area (Å²) in [6, 6.07) is 16.9. The summed E-state index contributed by atoms with van der Waals surface area (Å²) in [5.74, 6) is 0.753. The van der Waals surface area contributed by atoms with Crippen molar-refractivity contribution in [2.24, 2.45) is 0 Å². The quantitative estimate of drug-likeness (QED) is 0.368. The third-order valence-corrected chi connectivity index (χ3v) is 8.07. The third kappa shape index (κ3) is 6.91. The molecule has 3 aromatic rings. The molecule has 36 heavy (non-hydrogen) atoms. The molecule has 3 aromatic carbocycles. The zero-order valence-corrected chi connectivity index (χ0v) is 22.6. The lowest BCUT2D eigenvalue weighted by atomic mass is 10.1. The predicted octanol–water partition coefficient (Wildman–Crippen LogP) is 4.87. The van der Waals surface area contributed by atoms with E-state index in [1.165, 1.54) is 12.1 Å². The number of aryl methyl sites for hydroxylation is 1. The number of nitrogens with zero attached hydrogens (tertiary/aromatic N) is 1. The number of ether oxygens (including phenoxy) is 2. The van der Waals surface area contributed by atoms with Crippen molar-refractivity contribution in [3.8, 4) is 11.5 Å². The number of halogens is 2. The van der Waals surface area contributed by atoms with E-state index in [-0.39, 0.29) is 11.4 Å². The molecule has 3 rings (SSSR count). The molecule has 0 bridgehead atoms. The normalized spacial score (nSPS) is 11.4. The Morgan fingerprint density at radius 1 is 0.944 bits per heavy atom. The average molecular weight is 551 g/mol. The first-order valence-corrected chi connectivity index (χ1v) is 13.3. The van der Waals surface area contributed by atoms with E-state index in [9.17, 15) is 13.2 Å². The van der Waals surface area contributed by atoms with Gasteiger partial charge in [0.25, 0.3) is 0 Å². The van der Waals surface area contributed by atoms with Crippen molar-refractivity contribution in [1.82, 2.24) is 9.62 Å². The zero-order chi connectivity index (χ0) is 26.3. The lowest BCUT2D eigenvalue weighted by Gasteiger charge is -2.23. The van der Waals surface area contributed by atoms with Crippen molar-refractivity contribution in [2.45, 2.75) is 24.8 Å². The molecule has 0 saturated carbocycles. The van der Waals surface area contributed by atoms with Crippen molar-refractivity contribution in [1.29, 1.82) is 0 Å². The molecule has 0 unspecified atom stereocenters. The highest BCUT2D eigenvalue weighted by atomic mass is 35.5. The Labute approximate surface area is 222 Å². The fourth-order valence-corrected chi connectivity index (χ4v) is 5.42. The fourth-order valence-electron chi connectivity index (χ4n) is 3.54. The molecular formula is C26H28Cl2N2O5S. The van der Waals surface area contributed by atoms with Gasteiger partial charge < -0.3 is 14.8 Å². The van der Waals surface area contributed by atoms with Gasteiger partial charge in [0.15, 0.2) is 11.5 Å². The molecule has 0 aliphatic heterocycles. The van der Waals surface area contributed by atoms with Gasteiger partial charge in [0, 0.05) is 28.7 Å². The van der Waals surface area contributed by atoms with E-state index in [4.69, 9.17) is 32.7 Å². The second-order valence-electron chi connectivity index (χ2n) is 8.08. The van der Waals surface area contributed by atoms with Crippen LogP contribution in [0.5, 0.6) is 11.5 Å². The SMILES string of the molecule is COc1ccc(CCNC(=O)CN(Cc2c(Cl)cccc2Cl)S(=O)(=O)c2ccc(C)cc2)cc1OC. The van der Waals surface area contributed by atoms with Gasteiger partial charge in [0.1, 0.15) is 0 Å². The van der Waals surface area contributed by atoms with Crippen LogP contribution in [-0.4, -0.2) is 45.9 Å². The molecule has 0 radical (unpaired) electrons. The van der Waals surface area contributed by atoms with E-state index in [0.717, 1.165) is 15.4 Å². The molecular weight excluding hydrogens is 523 g/mol. The number of nitrogens with one attached hydrogen (secondary N) is 1. The average Bonchev–Trinajstić information content (AvgIpc) is 2.85. The molecule has 10 heteroatoms. The largest absolute Gasteiger partial charge is 0.493 e. The minimum atomic E-state index is -4.01. The second kappa shape index (κ2) is 12.5. The van der Waals surface area contributed by atoms with Crippen LogP contribution in [0.2, 0.25) is 10.0 Å². The summed E-state index contributed by atoms with van der Waals surface area (Å²) in [6.07, 6.45) is 0.521. The van der Waals surface area contributed by atoms with Crippen LogP contribution in [0.3, 0.4) is 0 Å². The maximum Gasteiger partial charge on any atom is 0.243 e. The molecule has 7 nitrogen and oxygen atoms in total. The lowest BCUT2D eigenvalue weighted by Crippen LogP contribution is -2.41. The summed E-state index contributed by atoms with van der Waals surface area (Å²) in [5.41, 5.74) is 2.28. The Morgan fingerprint density at radius 2 is 1.58 bits per heavy atom. The summed E-state index contributed by atoms with van der Waals surface area (Å²) in [5, 5.41) is 3.43. The maximum atomic E-state index is 13.5. The van der Waals surface area contributed by atoms with Gasteiger partial charge in [-0.3, -0.25) is 4.79 Å². The Balaban J connectivity index is 1.76. The van der Waals surface area contributed by atoms with Crippen molar-refractivity contribution in [2.75, 3.05) is 27.3 Å². The summed E-state index contributed by atoms with van der Waals surface area (Å²) >= 11 is 12.6. The second-order valence-corrected chi connectivity index (χ2v) is 10.8. The number of carbonyl (C=O) groups excluding carboxylic acids is 1. The first-order chi connectivity index (χ1) is 17.1. The van der Waals surface area contributed by atoms with Gasteiger partial charge in [-0.1, -0.05) is 53.0 Å². The van der Waals surface area contributed by atoms with Crippen molar-refractivity contribution in [3.63, 3.8) is 0 Å². The number of benzene rings is 3. The predicted molar refractivity (Wildman–Crippen MR) is 141 cm³/mol. The number of methoxy groups -OCH3 is 2. The Bertz CT molecular complexity index is 1290. The third-order valence-electron chi connectivity index (χ3n) is 5.56. The number of sulfonamides is 1. The van der Waals surface area contributed by atoms with Crippen LogP contribution in [-0.2, 0) is 27.8 Å². The first-order valence-electron chi connectivity index (χ1n) is 11.1. The molecule has 0 heterocycles. The molecule has 0 aromatic heterocycles. The Kier molecular flexibility index (Phi) is 9.62. The van der Waals surface area contributed by atoms with Crippen LogP contribution < -0.4 is 14.8 Å². The van der Waals surface area contributed by atoms with Gasteiger partial charge >= 0.3 is 0 Å². The van der Waals surface area contributed by atoms with Crippen LogP contribution in [0.4, 0.5) is 0 Å². The van der Waals surface area contributed by atoms with Gasteiger partial charge in [-0.05, 0) is 55.3 Å². The van der Waals surface area contributed by atoms with E-state index in [1.54, 1.807) is 50.6 Å². The molecule has 1 amide bonds. The molecule has 0 spiro atoms. The minimum Gasteiger partial charge on any atom is -0.493 e. The van der Waals surface area contributed by atoms with E-state index in [1.807, 2.05) is 19.1 Å². The van der Waals surface area contributed by atoms with Crippen molar-refractivity contribution >= 4 is 39.1 Å². The Morgan fingerprint density at radius 3 is 2.19 bits per heavy atom. The lowest BCUT2D eigenvalue weighted by molar-refractivity contribution is -0.121. The zero-order valence-electron chi connectivity index (χ0n) is 20.3. The minimum absolute atomic E-state index is 0.0782. The van der Waals surface area contributed by atoms with Crippen molar-refractivity contribution < 1.29 is 22.7 Å². The van der Waals surface area contributed by atoms with Crippen LogP contribution in [0.15, 0.2) is 65.6 Å². The number of rotatable bonds is 11. The van der Waals surface area contributed by atoms with Crippen LogP contribution in [0.1, 0.15) is 16.7 Å². The van der Waals surface area contributed by atoms with E-state index < -0.39 is 22.5 Å². The summed E-state index contributed by atoms with van der Waals surface area (Å²) in [6.45, 7) is 1.62. The molecule has 0 aliphatic rings. The number of hydrogen-bond acceptors (Lipinski definition) is 5. The van der Waals surface area contributed by atoms with Gasteiger partial charge in [-0.15, -0.1) is 0 Å². The van der Waals surface area contributed by atoms with Gasteiger partial charge in [0.05, 0.1) is 25.7 Å². The van der Waals surface area contributed by atoms with Gasteiger partial charge in [0.2, 0.25) is 15.9 Å². The number of hydrogen-bond donors (Lipinski definition) is 1. The number of amides is 1. The molecule has 0 fully saturated rings. The van der Waals surface area contributed by atoms with Gasteiger partial charge in [-0.2, -0.15) is 4.31 Å². The monoisotopic (exact) mass is 550 g/mol. The molecule has 192 valence electrons. The fraction of sp³-hybridized carbons (Fsp3) is 0.269. The Hall–Kier alpha value is -2.78. The van der Waals surface area contributed by atoms with E-state index >= 15 is 0 Å². The molecule has 0 atom stereocenters. The van der Waals surface area contributed by atoms with E-state index in [2.05, 4.69) is 5.32 Å². The maximum absolute atomic E-state index is 13.5. The van der Waals surface area contributed by atoms with Gasteiger partial charge in [-0.25, -0.2) is 8.42 Å². The topological polar surface area (TPSA) is 84.9 Å². The number of carbonyl (C=O) groups is 1. The van der Waals surface area contributed by atoms with Crippen LogP contribution in [0.25, 0.3) is 0 Å². The summed E-state index contributed by atoms with van der Waals surface area (Å²) < 4.78 is 38.6. The summed E-state index contributed by atoms with van der Waals surface area (Å²) in [7, 11) is -0.901. The van der Waals surface area contributed by atoms with Crippen molar-refractivity contribution in [3.05, 3.63) is 87.4 Å². The highest BCUT2D eigenvalue weighted by Gasteiger charge is 2.28. The van der Waals surface area contributed by atoms with Crippen LogP contribution >= 0.6 is 23.2 Å². The molecule has 1 N–H and O–H groups in total. The summed E-state index contributed by atoms with van der Waals surface area (Å²) in [4.78, 5) is 12.9. The highest BCUT2D eigenvalue weighted by Crippen LogP contribution is 2.29. The molecule has 0 saturated heterocycles. The first kappa shape index (κ1) is 27.8. The highest BCUT2D eigenvalue weighted by molar-refractivity contribution is 7.89. The van der Waals surface area contributed by atoms with E-state index in [0.29, 0.717) is 40.1 Å².